The number of hydrogen-bond acceptors (Lipinski definition) is 5. The van der Waals surface area contributed by atoms with E-state index in [1.807, 2.05) is 54.1 Å². The molecule has 0 spiro atoms. The molecule has 0 fully saturated rings. The summed E-state index contributed by atoms with van der Waals surface area (Å²) >= 11 is 0. The maximum Gasteiger partial charge on any atom is 0.222 e. The number of rotatable bonds is 7. The van der Waals surface area contributed by atoms with E-state index in [1.165, 1.54) is 11.1 Å². The number of fused-ring (bicyclic) bond motifs is 1. The Bertz CT molecular complexity index is 1140. The molecule has 162 valence electrons. The zero-order chi connectivity index (χ0) is 21.8. The van der Waals surface area contributed by atoms with Gasteiger partial charge in [-0.15, -0.1) is 0 Å². The van der Waals surface area contributed by atoms with Crippen LogP contribution in [0.1, 0.15) is 42.1 Å². The first-order chi connectivity index (χ1) is 15.8. The Morgan fingerprint density at radius 2 is 1.56 bits per heavy atom. The van der Waals surface area contributed by atoms with Gasteiger partial charge in [0.05, 0.1) is 18.7 Å². The molecule has 2 unspecified atom stereocenters. The number of hydrogen-bond donors (Lipinski definition) is 1. The van der Waals surface area contributed by atoms with Crippen molar-refractivity contribution in [3.8, 4) is 11.5 Å². The Hall–Kier alpha value is -3.80. The highest BCUT2D eigenvalue weighted by molar-refractivity contribution is 5.40. The molecule has 0 amide bonds. The van der Waals surface area contributed by atoms with E-state index in [4.69, 9.17) is 9.47 Å². The second kappa shape index (κ2) is 9.14. The van der Waals surface area contributed by atoms with Crippen LogP contribution in [0, 0.1) is 0 Å². The van der Waals surface area contributed by atoms with E-state index in [1.54, 1.807) is 6.33 Å². The maximum atomic E-state index is 5.95. The average molecular weight is 427 g/mol. The summed E-state index contributed by atoms with van der Waals surface area (Å²) in [5.74, 6) is 2.52. The highest BCUT2D eigenvalue weighted by Gasteiger charge is 2.29. The summed E-state index contributed by atoms with van der Waals surface area (Å²) in [6.45, 7) is 3.21. The van der Waals surface area contributed by atoms with Gasteiger partial charge >= 0.3 is 0 Å². The predicted molar refractivity (Wildman–Crippen MR) is 124 cm³/mol. The largest absolute Gasteiger partial charge is 0.494 e. The van der Waals surface area contributed by atoms with E-state index in [2.05, 4.69) is 51.8 Å². The third-order valence-corrected chi connectivity index (χ3v) is 5.74. The van der Waals surface area contributed by atoms with Gasteiger partial charge in [0.1, 0.15) is 24.4 Å². The molecule has 2 atom stereocenters. The lowest BCUT2D eigenvalue weighted by molar-refractivity contribution is 0.306. The molecule has 0 aliphatic carbocycles. The third-order valence-electron chi connectivity index (χ3n) is 5.74. The highest BCUT2D eigenvalue weighted by Crippen LogP contribution is 2.38. The van der Waals surface area contributed by atoms with Gasteiger partial charge in [0.2, 0.25) is 5.95 Å². The monoisotopic (exact) mass is 426 g/mol. The zero-order valence-corrected chi connectivity index (χ0v) is 18.0. The summed E-state index contributed by atoms with van der Waals surface area (Å²) in [7, 11) is 0. The van der Waals surface area contributed by atoms with Crippen LogP contribution in [-0.2, 0) is 6.61 Å². The fourth-order valence-corrected chi connectivity index (χ4v) is 4.11. The molecule has 1 N–H and O–H groups in total. The van der Waals surface area contributed by atoms with Crippen LogP contribution in [0.2, 0.25) is 0 Å². The molecule has 4 aromatic rings. The molecule has 6 nitrogen and oxygen atoms in total. The van der Waals surface area contributed by atoms with Crippen molar-refractivity contribution in [2.75, 3.05) is 11.9 Å². The molecule has 1 aliphatic rings. The van der Waals surface area contributed by atoms with E-state index in [-0.39, 0.29) is 12.1 Å². The molecule has 1 aromatic heterocycles. The molecule has 2 heterocycles. The van der Waals surface area contributed by atoms with Crippen molar-refractivity contribution >= 4 is 5.95 Å². The van der Waals surface area contributed by atoms with Crippen molar-refractivity contribution in [2.24, 2.45) is 0 Å². The van der Waals surface area contributed by atoms with E-state index >= 15 is 0 Å². The fraction of sp³-hybridized carbons (Fsp3) is 0.231. The highest BCUT2D eigenvalue weighted by atomic mass is 16.5. The number of benzene rings is 3. The Morgan fingerprint density at radius 3 is 2.28 bits per heavy atom. The van der Waals surface area contributed by atoms with Gasteiger partial charge in [-0.05, 0) is 54.3 Å². The zero-order valence-electron chi connectivity index (χ0n) is 18.0. The minimum absolute atomic E-state index is 0.0912. The second-order valence-corrected chi connectivity index (χ2v) is 7.82. The van der Waals surface area contributed by atoms with Gasteiger partial charge in [-0.1, -0.05) is 54.6 Å². The Balaban J connectivity index is 1.33. The van der Waals surface area contributed by atoms with Crippen LogP contribution in [0.25, 0.3) is 0 Å². The van der Waals surface area contributed by atoms with Gasteiger partial charge in [0, 0.05) is 0 Å². The van der Waals surface area contributed by atoms with Crippen LogP contribution in [0.5, 0.6) is 11.5 Å². The standard InChI is InChI=1S/C26H26N4O2/c1-2-31-22-12-8-20(9-13-22)24-16-25(30-26(29-24)27-18-28-30)21-10-14-23(15-11-21)32-17-19-6-4-3-5-7-19/h3-15,18,24-25H,2,16-17H2,1H3,(H,27,28,29). The van der Waals surface area contributed by atoms with Crippen LogP contribution in [-0.4, -0.2) is 21.4 Å². The number of aromatic nitrogens is 3. The van der Waals surface area contributed by atoms with Gasteiger partial charge in [-0.3, -0.25) is 0 Å². The van der Waals surface area contributed by atoms with Gasteiger partial charge in [-0.25, -0.2) is 4.68 Å². The van der Waals surface area contributed by atoms with Crippen molar-refractivity contribution < 1.29 is 9.47 Å². The molecule has 0 radical (unpaired) electrons. The molecule has 6 heteroatoms. The van der Waals surface area contributed by atoms with Crippen LogP contribution < -0.4 is 14.8 Å². The third kappa shape index (κ3) is 4.30. The fourth-order valence-electron chi connectivity index (χ4n) is 4.11. The Morgan fingerprint density at radius 1 is 0.875 bits per heavy atom. The van der Waals surface area contributed by atoms with Crippen molar-refractivity contribution in [3.05, 3.63) is 102 Å². The van der Waals surface area contributed by atoms with E-state index < -0.39 is 0 Å². The molecule has 32 heavy (non-hydrogen) atoms. The maximum absolute atomic E-state index is 5.95. The number of anilines is 1. The molecule has 5 rings (SSSR count). The minimum Gasteiger partial charge on any atom is -0.494 e. The van der Waals surface area contributed by atoms with Crippen LogP contribution in [0.3, 0.4) is 0 Å². The summed E-state index contributed by atoms with van der Waals surface area (Å²) in [5, 5.41) is 7.99. The number of nitrogens with zero attached hydrogens (tertiary/aromatic N) is 3. The first-order valence-electron chi connectivity index (χ1n) is 11.0. The van der Waals surface area contributed by atoms with E-state index in [9.17, 15) is 0 Å². The number of nitrogens with one attached hydrogen (secondary N) is 1. The normalized spacial score (nSPS) is 17.3. The van der Waals surface area contributed by atoms with E-state index in [0.717, 1.165) is 29.4 Å². The van der Waals surface area contributed by atoms with Crippen LogP contribution >= 0.6 is 0 Å². The summed E-state index contributed by atoms with van der Waals surface area (Å²) < 4.78 is 13.5. The van der Waals surface area contributed by atoms with Gasteiger partial charge < -0.3 is 14.8 Å². The summed E-state index contributed by atoms with van der Waals surface area (Å²) in [5.41, 5.74) is 3.54. The molecular formula is C26H26N4O2. The Kier molecular flexibility index (Phi) is 5.75. The summed E-state index contributed by atoms with van der Waals surface area (Å²) in [6, 6.07) is 27.0. The predicted octanol–water partition coefficient (Wildman–Crippen LogP) is 5.40. The first kappa shape index (κ1) is 20.1. The average Bonchev–Trinajstić information content (AvgIpc) is 3.33. The molecular weight excluding hydrogens is 400 g/mol. The Labute approximate surface area is 187 Å². The lowest BCUT2D eigenvalue weighted by atomic mass is 9.93. The molecule has 0 saturated heterocycles. The summed E-state index contributed by atoms with van der Waals surface area (Å²) in [6.07, 6.45) is 2.47. The topological polar surface area (TPSA) is 61.2 Å². The van der Waals surface area contributed by atoms with Gasteiger partial charge in [0.15, 0.2) is 0 Å². The molecule has 1 aliphatic heterocycles. The van der Waals surface area contributed by atoms with Crippen LogP contribution in [0.4, 0.5) is 5.95 Å². The quantitative estimate of drug-likeness (QED) is 0.429. The van der Waals surface area contributed by atoms with Crippen molar-refractivity contribution in [1.82, 2.24) is 14.8 Å². The summed E-state index contributed by atoms with van der Waals surface area (Å²) in [4.78, 5) is 4.43. The molecule has 0 bridgehead atoms. The first-order valence-corrected chi connectivity index (χ1v) is 11.0. The van der Waals surface area contributed by atoms with E-state index in [0.29, 0.717) is 13.2 Å². The lowest BCUT2D eigenvalue weighted by Crippen LogP contribution is -2.28. The van der Waals surface area contributed by atoms with Crippen molar-refractivity contribution in [2.45, 2.75) is 32.0 Å². The molecule has 0 saturated carbocycles. The smallest absolute Gasteiger partial charge is 0.222 e. The van der Waals surface area contributed by atoms with Gasteiger partial charge in [0.25, 0.3) is 0 Å². The van der Waals surface area contributed by atoms with Crippen molar-refractivity contribution in [1.29, 1.82) is 0 Å². The lowest BCUT2D eigenvalue weighted by Gasteiger charge is -2.32. The van der Waals surface area contributed by atoms with Gasteiger partial charge in [-0.2, -0.15) is 10.1 Å². The van der Waals surface area contributed by atoms with Crippen LogP contribution in [0.15, 0.2) is 85.2 Å². The van der Waals surface area contributed by atoms with Crippen molar-refractivity contribution in [3.63, 3.8) is 0 Å². The second-order valence-electron chi connectivity index (χ2n) is 7.82. The minimum atomic E-state index is 0.0912. The SMILES string of the molecule is CCOc1ccc(C2CC(c3ccc(OCc4ccccc4)cc3)n3ncnc3N2)cc1. The number of ether oxygens (including phenoxy) is 2. The molecule has 3 aromatic carbocycles.